The zero-order valence-electron chi connectivity index (χ0n) is 12.5. The van der Waals surface area contributed by atoms with E-state index in [-0.39, 0.29) is 0 Å². The molecule has 1 heterocycles. The van der Waals surface area contributed by atoms with Gasteiger partial charge in [-0.15, -0.1) is 0 Å². The molecule has 0 fully saturated rings. The molecule has 1 unspecified atom stereocenters. The van der Waals surface area contributed by atoms with E-state index in [0.29, 0.717) is 12.2 Å². The highest BCUT2D eigenvalue weighted by Gasteiger charge is 2.34. The number of furan rings is 1. The van der Waals surface area contributed by atoms with Crippen molar-refractivity contribution in [3.05, 3.63) is 71.5 Å². The van der Waals surface area contributed by atoms with Gasteiger partial charge in [0.25, 0.3) is 0 Å². The fourth-order valence-electron chi connectivity index (χ4n) is 2.85. The average Bonchev–Trinajstić information content (AvgIpc) is 2.92. The summed E-state index contributed by atoms with van der Waals surface area (Å²) in [6.45, 7) is 4.13. The molecule has 1 atom stereocenters. The standard InChI is InChI=1S/C19H20O2/c1-3-11-19(20,16-7-5-4-6-8-16)18-13-15-12-14(2)9-10-17(15)21-18/h4-10,12-13,20H,3,11H2,1-2H3. The van der Waals surface area contributed by atoms with Crippen LogP contribution in [0.2, 0.25) is 0 Å². The molecule has 0 aliphatic rings. The Morgan fingerprint density at radius 2 is 1.81 bits per heavy atom. The van der Waals surface area contributed by atoms with Gasteiger partial charge in [0.2, 0.25) is 0 Å². The van der Waals surface area contributed by atoms with Crippen molar-refractivity contribution in [2.24, 2.45) is 0 Å². The van der Waals surface area contributed by atoms with Gasteiger partial charge in [-0.05, 0) is 37.1 Å². The van der Waals surface area contributed by atoms with Crippen LogP contribution in [0.3, 0.4) is 0 Å². The summed E-state index contributed by atoms with van der Waals surface area (Å²) in [5.41, 5.74) is 1.82. The molecule has 0 spiro atoms. The van der Waals surface area contributed by atoms with Crippen molar-refractivity contribution < 1.29 is 9.52 Å². The van der Waals surface area contributed by atoms with E-state index in [9.17, 15) is 5.11 Å². The first kappa shape index (κ1) is 13.9. The third-order valence-electron chi connectivity index (χ3n) is 3.94. The van der Waals surface area contributed by atoms with E-state index < -0.39 is 5.60 Å². The molecule has 2 aromatic carbocycles. The number of rotatable bonds is 4. The van der Waals surface area contributed by atoms with Crippen molar-refractivity contribution >= 4 is 11.0 Å². The van der Waals surface area contributed by atoms with E-state index in [0.717, 1.165) is 23.0 Å². The van der Waals surface area contributed by atoms with Crippen LogP contribution in [0.4, 0.5) is 0 Å². The zero-order valence-corrected chi connectivity index (χ0v) is 12.5. The first-order valence-corrected chi connectivity index (χ1v) is 7.42. The van der Waals surface area contributed by atoms with Crippen molar-refractivity contribution in [3.8, 4) is 0 Å². The predicted octanol–water partition coefficient (Wildman–Crippen LogP) is 4.78. The molecule has 0 saturated carbocycles. The minimum absolute atomic E-state index is 0.621. The molecular formula is C19H20O2. The normalized spacial score (nSPS) is 14.2. The second-order valence-corrected chi connectivity index (χ2v) is 5.63. The lowest BCUT2D eigenvalue weighted by molar-refractivity contribution is 0.0486. The van der Waals surface area contributed by atoms with Crippen LogP contribution < -0.4 is 0 Å². The Kier molecular flexibility index (Phi) is 3.56. The van der Waals surface area contributed by atoms with Crippen LogP contribution in [0.5, 0.6) is 0 Å². The number of hydrogen-bond acceptors (Lipinski definition) is 2. The largest absolute Gasteiger partial charge is 0.458 e. The fraction of sp³-hybridized carbons (Fsp3) is 0.263. The van der Waals surface area contributed by atoms with Crippen molar-refractivity contribution in [1.82, 2.24) is 0 Å². The van der Waals surface area contributed by atoms with Gasteiger partial charge in [0.1, 0.15) is 16.9 Å². The van der Waals surface area contributed by atoms with Gasteiger partial charge in [0, 0.05) is 5.39 Å². The fourth-order valence-corrected chi connectivity index (χ4v) is 2.85. The molecule has 0 aliphatic heterocycles. The first-order valence-electron chi connectivity index (χ1n) is 7.42. The molecule has 0 radical (unpaired) electrons. The highest BCUT2D eigenvalue weighted by atomic mass is 16.4. The van der Waals surface area contributed by atoms with E-state index in [2.05, 4.69) is 19.9 Å². The molecule has 1 aromatic heterocycles. The molecule has 0 aliphatic carbocycles. The van der Waals surface area contributed by atoms with Crippen LogP contribution in [-0.2, 0) is 5.60 Å². The summed E-state index contributed by atoms with van der Waals surface area (Å²) in [6, 6.07) is 17.8. The summed E-state index contributed by atoms with van der Waals surface area (Å²) in [5.74, 6) is 0.621. The lowest BCUT2D eigenvalue weighted by atomic mass is 9.87. The minimum atomic E-state index is -1.07. The molecule has 108 valence electrons. The maximum Gasteiger partial charge on any atom is 0.147 e. The van der Waals surface area contributed by atoms with Crippen LogP contribution in [-0.4, -0.2) is 5.11 Å². The van der Waals surface area contributed by atoms with E-state index in [1.54, 1.807) is 0 Å². The third-order valence-corrected chi connectivity index (χ3v) is 3.94. The van der Waals surface area contributed by atoms with Gasteiger partial charge in [-0.3, -0.25) is 0 Å². The Morgan fingerprint density at radius 3 is 2.52 bits per heavy atom. The number of aliphatic hydroxyl groups is 1. The molecule has 1 N–H and O–H groups in total. The molecule has 3 aromatic rings. The van der Waals surface area contributed by atoms with E-state index in [4.69, 9.17) is 4.42 Å². The quantitative estimate of drug-likeness (QED) is 0.746. The van der Waals surface area contributed by atoms with Crippen LogP contribution in [0.1, 0.15) is 36.7 Å². The topological polar surface area (TPSA) is 33.4 Å². The lowest BCUT2D eigenvalue weighted by Gasteiger charge is -2.26. The SMILES string of the molecule is CCCC(O)(c1ccccc1)c1cc2cc(C)ccc2o1. The monoisotopic (exact) mass is 280 g/mol. The van der Waals surface area contributed by atoms with Crippen molar-refractivity contribution in [2.75, 3.05) is 0 Å². The number of aryl methyl sites for hydroxylation is 1. The van der Waals surface area contributed by atoms with Crippen molar-refractivity contribution in [1.29, 1.82) is 0 Å². The maximum absolute atomic E-state index is 11.2. The van der Waals surface area contributed by atoms with Crippen molar-refractivity contribution in [3.63, 3.8) is 0 Å². The van der Waals surface area contributed by atoms with Crippen LogP contribution in [0.15, 0.2) is 59.0 Å². The Labute approximate surface area is 125 Å². The molecule has 0 saturated heterocycles. The summed E-state index contributed by atoms with van der Waals surface area (Å²) in [4.78, 5) is 0. The van der Waals surface area contributed by atoms with Gasteiger partial charge in [0.05, 0.1) is 0 Å². The second-order valence-electron chi connectivity index (χ2n) is 5.63. The number of benzene rings is 2. The number of fused-ring (bicyclic) bond motifs is 1. The Morgan fingerprint density at radius 1 is 1.05 bits per heavy atom. The third kappa shape index (κ3) is 2.47. The van der Waals surface area contributed by atoms with Crippen molar-refractivity contribution in [2.45, 2.75) is 32.3 Å². The smallest absolute Gasteiger partial charge is 0.147 e. The van der Waals surface area contributed by atoms with E-state index in [1.165, 1.54) is 5.56 Å². The van der Waals surface area contributed by atoms with Gasteiger partial charge >= 0.3 is 0 Å². The van der Waals surface area contributed by atoms with Crippen LogP contribution >= 0.6 is 0 Å². The van der Waals surface area contributed by atoms with Crippen LogP contribution in [0, 0.1) is 6.92 Å². The summed E-state index contributed by atoms with van der Waals surface area (Å²) < 4.78 is 5.95. The Balaban J connectivity index is 2.15. The Bertz CT molecular complexity index is 743. The molecule has 2 heteroatoms. The first-order chi connectivity index (χ1) is 10.1. The van der Waals surface area contributed by atoms with Gasteiger partial charge in [-0.25, -0.2) is 0 Å². The van der Waals surface area contributed by atoms with E-state index in [1.807, 2.05) is 48.5 Å². The maximum atomic E-state index is 11.2. The lowest BCUT2D eigenvalue weighted by Crippen LogP contribution is -2.26. The van der Waals surface area contributed by atoms with Gasteiger partial charge in [-0.1, -0.05) is 55.3 Å². The molecule has 0 amide bonds. The number of hydrogen-bond donors (Lipinski definition) is 1. The highest BCUT2D eigenvalue weighted by molar-refractivity contribution is 5.79. The average molecular weight is 280 g/mol. The molecule has 2 nitrogen and oxygen atoms in total. The highest BCUT2D eigenvalue weighted by Crippen LogP contribution is 2.37. The summed E-state index contributed by atoms with van der Waals surface area (Å²) >= 11 is 0. The summed E-state index contributed by atoms with van der Waals surface area (Å²) in [7, 11) is 0. The van der Waals surface area contributed by atoms with Gasteiger partial charge in [0.15, 0.2) is 0 Å². The zero-order chi connectivity index (χ0) is 14.9. The van der Waals surface area contributed by atoms with E-state index >= 15 is 0 Å². The minimum Gasteiger partial charge on any atom is -0.458 e. The molecule has 0 bridgehead atoms. The molecule has 3 rings (SSSR count). The predicted molar refractivity (Wildman–Crippen MR) is 85.3 cm³/mol. The summed E-state index contributed by atoms with van der Waals surface area (Å²) in [6.07, 6.45) is 1.51. The van der Waals surface area contributed by atoms with Gasteiger partial charge < -0.3 is 9.52 Å². The van der Waals surface area contributed by atoms with Crippen LogP contribution in [0.25, 0.3) is 11.0 Å². The Hall–Kier alpha value is -2.06. The molecular weight excluding hydrogens is 260 g/mol. The summed E-state index contributed by atoms with van der Waals surface area (Å²) in [5, 5.41) is 12.3. The second kappa shape index (κ2) is 5.38. The van der Waals surface area contributed by atoms with Gasteiger partial charge in [-0.2, -0.15) is 0 Å². The molecule has 21 heavy (non-hydrogen) atoms.